The number of hydrogen-bond acceptors (Lipinski definition) is 4. The van der Waals surface area contributed by atoms with Gasteiger partial charge in [-0.05, 0) is 48.6 Å². The fourth-order valence-corrected chi connectivity index (χ4v) is 5.83. The molecule has 0 spiro atoms. The highest BCUT2D eigenvalue weighted by molar-refractivity contribution is 7.18. The molecule has 2 amide bonds. The first-order valence-corrected chi connectivity index (χ1v) is 11.6. The van der Waals surface area contributed by atoms with E-state index in [2.05, 4.69) is 6.07 Å². The molecule has 1 fully saturated rings. The van der Waals surface area contributed by atoms with Crippen LogP contribution >= 0.6 is 11.3 Å². The summed E-state index contributed by atoms with van der Waals surface area (Å²) in [5, 5.41) is 1.02. The van der Waals surface area contributed by atoms with Crippen LogP contribution in [0.25, 0.3) is 16.3 Å². The number of carbonyl (C=O) groups excluding carboxylic acids is 2. The van der Waals surface area contributed by atoms with E-state index < -0.39 is 0 Å². The molecule has 3 heterocycles. The summed E-state index contributed by atoms with van der Waals surface area (Å²) in [5.41, 5.74) is 3.09. The van der Waals surface area contributed by atoms with Crippen LogP contribution in [-0.4, -0.2) is 33.1 Å². The first-order chi connectivity index (χ1) is 15.1. The van der Waals surface area contributed by atoms with Gasteiger partial charge in [0.05, 0.1) is 28.7 Å². The summed E-state index contributed by atoms with van der Waals surface area (Å²) in [6, 6.07) is 15.9. The van der Waals surface area contributed by atoms with Gasteiger partial charge in [-0.2, -0.15) is 0 Å². The fraction of sp³-hybridized carbons (Fsp3) is 0.320. The van der Waals surface area contributed by atoms with Gasteiger partial charge in [0.2, 0.25) is 11.8 Å². The number of amides is 2. The number of carbonyl (C=O) groups is 2. The number of aromatic nitrogens is 1. The van der Waals surface area contributed by atoms with Crippen molar-refractivity contribution in [3.05, 3.63) is 70.9 Å². The molecule has 158 valence electrons. The van der Waals surface area contributed by atoms with E-state index in [0.717, 1.165) is 52.2 Å². The van der Waals surface area contributed by atoms with Gasteiger partial charge in [-0.25, -0.2) is 4.98 Å². The van der Waals surface area contributed by atoms with Crippen LogP contribution in [0.1, 0.15) is 60.8 Å². The Balaban J connectivity index is 1.43. The Morgan fingerprint density at radius 1 is 1.10 bits per heavy atom. The normalized spacial score (nSPS) is 20.7. The third-order valence-corrected chi connectivity index (χ3v) is 7.39. The van der Waals surface area contributed by atoms with Gasteiger partial charge >= 0.3 is 0 Å². The zero-order chi connectivity index (χ0) is 21.4. The largest absolute Gasteiger partial charge is 0.333 e. The van der Waals surface area contributed by atoms with Crippen molar-refractivity contribution in [1.82, 2.24) is 14.8 Å². The number of piperidine rings is 1. The minimum atomic E-state index is -0.274. The molecule has 0 saturated carbocycles. The first-order valence-electron chi connectivity index (χ1n) is 10.8. The second-order valence-electron chi connectivity index (χ2n) is 8.21. The molecule has 2 aliphatic rings. The SMILES string of the molecule is CC(=O)N1C=Cc2ccccc2[C@H]1CC(=O)N1CCCC[C@@H]1c1nc2ccccc2s1. The Morgan fingerprint density at radius 2 is 1.90 bits per heavy atom. The molecule has 0 aliphatic carbocycles. The average molecular weight is 432 g/mol. The van der Waals surface area contributed by atoms with Gasteiger partial charge in [-0.3, -0.25) is 9.59 Å². The minimum Gasteiger partial charge on any atom is -0.333 e. The number of para-hydroxylation sites is 1. The van der Waals surface area contributed by atoms with Crippen molar-refractivity contribution >= 4 is 39.4 Å². The third-order valence-electron chi connectivity index (χ3n) is 6.26. The number of fused-ring (bicyclic) bond motifs is 2. The molecule has 0 N–H and O–H groups in total. The van der Waals surface area contributed by atoms with Crippen LogP contribution in [0.5, 0.6) is 0 Å². The Bertz CT molecular complexity index is 1140. The van der Waals surface area contributed by atoms with E-state index >= 15 is 0 Å². The van der Waals surface area contributed by atoms with Crippen molar-refractivity contribution in [2.24, 2.45) is 0 Å². The van der Waals surface area contributed by atoms with Crippen LogP contribution in [0.4, 0.5) is 0 Å². The molecule has 5 rings (SSSR count). The third kappa shape index (κ3) is 3.76. The van der Waals surface area contributed by atoms with E-state index in [1.165, 1.54) is 0 Å². The van der Waals surface area contributed by atoms with Crippen LogP contribution < -0.4 is 0 Å². The van der Waals surface area contributed by atoms with E-state index in [1.54, 1.807) is 23.2 Å². The standard InChI is InChI=1S/C25H25N3O2S/c1-17(29)27-15-13-18-8-2-3-9-19(18)22(27)16-24(30)28-14-7-6-11-21(28)25-26-20-10-4-5-12-23(20)31-25/h2-5,8-10,12-13,15,21-22H,6-7,11,14,16H2,1H3/t21-,22-/m1/s1. The van der Waals surface area contributed by atoms with E-state index in [4.69, 9.17) is 4.98 Å². The average Bonchev–Trinajstić information content (AvgIpc) is 3.23. The van der Waals surface area contributed by atoms with Crippen molar-refractivity contribution in [1.29, 1.82) is 0 Å². The van der Waals surface area contributed by atoms with Crippen LogP contribution in [0, 0.1) is 0 Å². The van der Waals surface area contributed by atoms with Crippen LogP contribution in [-0.2, 0) is 9.59 Å². The lowest BCUT2D eigenvalue weighted by molar-refractivity contribution is -0.137. The Hall–Kier alpha value is -2.99. The Kier molecular flexibility index (Phi) is 5.32. The van der Waals surface area contributed by atoms with Crippen molar-refractivity contribution in [3.8, 4) is 0 Å². The van der Waals surface area contributed by atoms with Crippen LogP contribution in [0.2, 0.25) is 0 Å². The summed E-state index contributed by atoms with van der Waals surface area (Å²) in [4.78, 5) is 34.4. The molecule has 31 heavy (non-hydrogen) atoms. The van der Waals surface area contributed by atoms with Crippen molar-refractivity contribution in [2.45, 2.75) is 44.7 Å². The summed E-state index contributed by atoms with van der Waals surface area (Å²) in [6.07, 6.45) is 7.07. The van der Waals surface area contributed by atoms with Gasteiger partial charge < -0.3 is 9.80 Å². The Morgan fingerprint density at radius 3 is 2.74 bits per heavy atom. The summed E-state index contributed by atoms with van der Waals surface area (Å²) >= 11 is 1.68. The summed E-state index contributed by atoms with van der Waals surface area (Å²) in [7, 11) is 0. The maximum atomic E-state index is 13.6. The highest BCUT2D eigenvalue weighted by Crippen LogP contribution is 2.38. The smallest absolute Gasteiger partial charge is 0.225 e. The fourth-order valence-electron chi connectivity index (χ4n) is 4.72. The van der Waals surface area contributed by atoms with Crippen LogP contribution in [0.15, 0.2) is 54.7 Å². The lowest BCUT2D eigenvalue weighted by Gasteiger charge is -2.38. The van der Waals surface area contributed by atoms with Gasteiger partial charge in [0.25, 0.3) is 0 Å². The molecule has 3 aromatic rings. The summed E-state index contributed by atoms with van der Waals surface area (Å²) in [6.45, 7) is 2.30. The molecule has 5 nitrogen and oxygen atoms in total. The summed E-state index contributed by atoms with van der Waals surface area (Å²) < 4.78 is 1.16. The molecular formula is C25H25N3O2S. The van der Waals surface area contributed by atoms with Gasteiger partial charge in [-0.15, -0.1) is 11.3 Å². The van der Waals surface area contributed by atoms with E-state index in [1.807, 2.05) is 59.6 Å². The Labute approximate surface area is 186 Å². The predicted octanol–water partition coefficient (Wildman–Crippen LogP) is 5.31. The van der Waals surface area contributed by atoms with Crippen molar-refractivity contribution in [2.75, 3.05) is 6.54 Å². The number of rotatable bonds is 3. The maximum Gasteiger partial charge on any atom is 0.225 e. The number of benzene rings is 2. The van der Waals surface area contributed by atoms with Gasteiger partial charge in [-0.1, -0.05) is 36.4 Å². The van der Waals surface area contributed by atoms with Crippen molar-refractivity contribution < 1.29 is 9.59 Å². The lowest BCUT2D eigenvalue weighted by atomic mass is 9.92. The molecule has 2 atom stereocenters. The van der Waals surface area contributed by atoms with Gasteiger partial charge in [0.1, 0.15) is 5.01 Å². The molecule has 2 aliphatic heterocycles. The minimum absolute atomic E-state index is 0.0128. The number of likely N-dealkylation sites (tertiary alicyclic amines) is 1. The monoisotopic (exact) mass is 431 g/mol. The zero-order valence-corrected chi connectivity index (χ0v) is 18.3. The van der Waals surface area contributed by atoms with Gasteiger partial charge in [0.15, 0.2) is 0 Å². The number of nitrogens with zero attached hydrogens (tertiary/aromatic N) is 3. The second kappa shape index (κ2) is 8.27. The second-order valence-corrected chi connectivity index (χ2v) is 9.27. The van der Waals surface area contributed by atoms with Crippen molar-refractivity contribution in [3.63, 3.8) is 0 Å². The lowest BCUT2D eigenvalue weighted by Crippen LogP contribution is -2.41. The topological polar surface area (TPSA) is 53.5 Å². The highest BCUT2D eigenvalue weighted by atomic mass is 32.1. The quantitative estimate of drug-likeness (QED) is 0.564. The molecule has 1 aromatic heterocycles. The van der Waals surface area contributed by atoms with E-state index in [9.17, 15) is 9.59 Å². The molecule has 6 heteroatoms. The number of hydrogen-bond donors (Lipinski definition) is 0. The molecule has 0 unspecified atom stereocenters. The maximum absolute atomic E-state index is 13.6. The predicted molar refractivity (Wildman–Crippen MR) is 123 cm³/mol. The molecule has 1 saturated heterocycles. The van der Waals surface area contributed by atoms with Gasteiger partial charge in [0, 0.05) is 19.7 Å². The molecule has 2 aromatic carbocycles. The first kappa shape index (κ1) is 19.9. The molecule has 0 bridgehead atoms. The van der Waals surface area contributed by atoms with Crippen LogP contribution in [0.3, 0.4) is 0 Å². The number of thiazole rings is 1. The molecule has 0 radical (unpaired) electrons. The molecular weight excluding hydrogens is 406 g/mol. The van der Waals surface area contributed by atoms with E-state index in [-0.39, 0.29) is 30.3 Å². The highest BCUT2D eigenvalue weighted by Gasteiger charge is 2.34. The zero-order valence-electron chi connectivity index (χ0n) is 17.5. The van der Waals surface area contributed by atoms with E-state index in [0.29, 0.717) is 0 Å². The summed E-state index contributed by atoms with van der Waals surface area (Å²) in [5.74, 6) is 0.0372.